The first-order chi connectivity index (χ1) is 17.9. The molecule has 1 fully saturated rings. The van der Waals surface area contributed by atoms with Gasteiger partial charge in [-0.15, -0.1) is 0 Å². The molecule has 3 unspecified atom stereocenters. The maximum Gasteiger partial charge on any atom is 0.224 e. The van der Waals surface area contributed by atoms with Crippen LogP contribution < -0.4 is 15.0 Å². The van der Waals surface area contributed by atoms with Gasteiger partial charge in [0.2, 0.25) is 11.8 Å². The van der Waals surface area contributed by atoms with Crippen molar-refractivity contribution in [3.8, 4) is 5.75 Å². The second-order valence-corrected chi connectivity index (χ2v) is 9.55. The molecule has 0 bridgehead atoms. The summed E-state index contributed by atoms with van der Waals surface area (Å²) in [5.74, 6) is -0.0808. The van der Waals surface area contributed by atoms with Crippen molar-refractivity contribution in [3.63, 3.8) is 0 Å². The maximum absolute atomic E-state index is 13.9. The average Bonchev–Trinajstić information content (AvgIpc) is 3.03. The quantitative estimate of drug-likeness (QED) is 0.511. The van der Waals surface area contributed by atoms with Gasteiger partial charge < -0.3 is 15.0 Å². The largest absolute Gasteiger partial charge is 0.497 e. The number of hydrogen-bond donors (Lipinski definition) is 1. The minimum atomic E-state index is -0.572. The number of ether oxygens (including phenoxy) is 1. The van der Waals surface area contributed by atoms with Gasteiger partial charge >= 0.3 is 0 Å². The van der Waals surface area contributed by atoms with Gasteiger partial charge in [-0.1, -0.05) is 36.4 Å². The molecule has 1 aliphatic heterocycles. The number of nitrogens with one attached hydrogen (secondary N) is 1. The molecule has 3 aromatic rings. The second-order valence-electron chi connectivity index (χ2n) is 9.55. The van der Waals surface area contributed by atoms with E-state index in [-0.39, 0.29) is 23.5 Å². The summed E-state index contributed by atoms with van der Waals surface area (Å²) in [5.41, 5.74) is 4.68. The zero-order valence-corrected chi connectivity index (χ0v) is 21.1. The van der Waals surface area contributed by atoms with E-state index in [1.165, 1.54) is 13.8 Å². The zero-order chi connectivity index (χ0) is 26.1. The van der Waals surface area contributed by atoms with E-state index in [0.717, 1.165) is 22.6 Å². The lowest BCUT2D eigenvalue weighted by molar-refractivity contribution is -0.123. The number of ketones is 1. The molecule has 0 spiro atoms. The minimum absolute atomic E-state index is 0.00719. The number of Topliss-reactive ketones (excluding diaryl/α,β-unsaturated/α-hetero) is 1. The Morgan fingerprint density at radius 2 is 1.59 bits per heavy atom. The molecule has 2 aliphatic rings. The van der Waals surface area contributed by atoms with Gasteiger partial charge in [0.25, 0.3) is 0 Å². The van der Waals surface area contributed by atoms with E-state index in [1.54, 1.807) is 24.1 Å². The van der Waals surface area contributed by atoms with Gasteiger partial charge in [0.15, 0.2) is 0 Å². The van der Waals surface area contributed by atoms with Crippen LogP contribution in [0.2, 0.25) is 0 Å². The summed E-state index contributed by atoms with van der Waals surface area (Å²) in [4.78, 5) is 45.3. The molecule has 37 heavy (non-hydrogen) atoms. The van der Waals surface area contributed by atoms with Gasteiger partial charge in [-0.05, 0) is 59.9 Å². The Balaban J connectivity index is 1.60. The fourth-order valence-electron chi connectivity index (χ4n) is 5.48. The monoisotopic (exact) mass is 495 g/mol. The molecule has 7 heteroatoms. The van der Waals surface area contributed by atoms with Gasteiger partial charge in [-0.3, -0.25) is 19.4 Å². The van der Waals surface area contributed by atoms with Crippen LogP contribution in [0.5, 0.6) is 5.75 Å². The second kappa shape index (κ2) is 10.0. The standard InChI is InChI=1S/C30H29N3O4/c1-18(34)31-23-12-8-21(9-13-23)30-29-26(32-25-6-4-5-7-27(25)33(30)19(2)35)16-22(17-28(29)36)20-10-14-24(37-3)15-11-20/h4-15,22,29-30H,16-17H2,1-3H3,(H,31,34). The van der Waals surface area contributed by atoms with Crippen LogP contribution in [0.1, 0.15) is 49.8 Å². The van der Waals surface area contributed by atoms with Crippen LogP contribution in [0.3, 0.4) is 0 Å². The van der Waals surface area contributed by atoms with Crippen LogP contribution in [0.15, 0.2) is 77.8 Å². The molecule has 0 aromatic heterocycles. The van der Waals surface area contributed by atoms with Crippen molar-refractivity contribution < 1.29 is 19.1 Å². The number of aliphatic imine (C=N–C) groups is 1. The Hall–Kier alpha value is -4.26. The molecule has 1 N–H and O–H groups in total. The van der Waals surface area contributed by atoms with Gasteiger partial charge in [0, 0.05) is 31.7 Å². The molecular weight excluding hydrogens is 466 g/mol. The van der Waals surface area contributed by atoms with Crippen molar-refractivity contribution in [2.45, 2.75) is 38.6 Å². The number of carbonyl (C=O) groups is 3. The highest BCUT2D eigenvalue weighted by Gasteiger charge is 2.45. The molecule has 188 valence electrons. The third-order valence-corrected chi connectivity index (χ3v) is 7.11. The Bertz CT molecular complexity index is 1380. The number of carbonyl (C=O) groups excluding carboxylic acids is 3. The van der Waals surface area contributed by atoms with Crippen LogP contribution in [-0.4, -0.2) is 30.4 Å². The van der Waals surface area contributed by atoms with Crippen molar-refractivity contribution in [1.82, 2.24) is 0 Å². The average molecular weight is 496 g/mol. The van der Waals surface area contributed by atoms with E-state index < -0.39 is 12.0 Å². The molecular formula is C30H29N3O4. The Labute approximate surface area is 216 Å². The number of rotatable bonds is 4. The normalized spacial score (nSPS) is 20.7. The maximum atomic E-state index is 13.9. The van der Waals surface area contributed by atoms with E-state index in [9.17, 15) is 14.4 Å². The van der Waals surface area contributed by atoms with E-state index in [1.807, 2.05) is 60.7 Å². The minimum Gasteiger partial charge on any atom is -0.497 e. The van der Waals surface area contributed by atoms with Crippen LogP contribution in [-0.2, 0) is 14.4 Å². The summed E-state index contributed by atoms with van der Waals surface area (Å²) in [6.07, 6.45) is 0.974. The first-order valence-electron chi connectivity index (χ1n) is 12.4. The summed E-state index contributed by atoms with van der Waals surface area (Å²) in [6, 6.07) is 22.2. The zero-order valence-electron chi connectivity index (χ0n) is 21.1. The number of anilines is 2. The summed E-state index contributed by atoms with van der Waals surface area (Å²) in [6.45, 7) is 2.98. The SMILES string of the molecule is COc1ccc(C2CC(=O)C3C(=Nc4ccccc4N(C(C)=O)C3c3ccc(NC(C)=O)cc3)C2)cc1. The van der Waals surface area contributed by atoms with Crippen LogP contribution in [0.4, 0.5) is 17.1 Å². The van der Waals surface area contributed by atoms with Crippen molar-refractivity contribution in [1.29, 1.82) is 0 Å². The van der Waals surface area contributed by atoms with Crippen LogP contribution in [0.25, 0.3) is 0 Å². The van der Waals surface area contributed by atoms with Gasteiger partial charge in [0.1, 0.15) is 11.5 Å². The van der Waals surface area contributed by atoms with Gasteiger partial charge in [0.05, 0.1) is 30.4 Å². The highest BCUT2D eigenvalue weighted by molar-refractivity contribution is 6.13. The predicted molar refractivity (Wildman–Crippen MR) is 144 cm³/mol. The van der Waals surface area contributed by atoms with Crippen molar-refractivity contribution in [3.05, 3.63) is 83.9 Å². The number of hydrogen-bond acceptors (Lipinski definition) is 5. The van der Waals surface area contributed by atoms with Crippen molar-refractivity contribution in [2.75, 3.05) is 17.3 Å². The van der Waals surface area contributed by atoms with E-state index in [2.05, 4.69) is 5.32 Å². The number of methoxy groups -OCH3 is 1. The molecule has 0 radical (unpaired) electrons. The topological polar surface area (TPSA) is 88.1 Å². The molecule has 1 heterocycles. The lowest BCUT2D eigenvalue weighted by Gasteiger charge is -2.38. The number of benzene rings is 3. The molecule has 0 saturated heterocycles. The molecule has 1 saturated carbocycles. The molecule has 7 nitrogen and oxygen atoms in total. The summed E-state index contributed by atoms with van der Waals surface area (Å²) < 4.78 is 5.29. The number of fused-ring (bicyclic) bond motifs is 2. The molecule has 3 aromatic carbocycles. The van der Waals surface area contributed by atoms with E-state index >= 15 is 0 Å². The van der Waals surface area contributed by atoms with Crippen LogP contribution in [0, 0.1) is 5.92 Å². The fraction of sp³-hybridized carbons (Fsp3) is 0.267. The summed E-state index contributed by atoms with van der Waals surface area (Å²) in [5, 5.41) is 2.78. The first-order valence-corrected chi connectivity index (χ1v) is 12.4. The molecule has 2 amide bonds. The Kier molecular flexibility index (Phi) is 6.61. The number of nitrogens with zero attached hydrogens (tertiary/aromatic N) is 2. The van der Waals surface area contributed by atoms with Crippen molar-refractivity contribution >= 4 is 40.4 Å². The number of amides is 2. The third-order valence-electron chi connectivity index (χ3n) is 7.11. The van der Waals surface area contributed by atoms with Crippen molar-refractivity contribution in [2.24, 2.45) is 10.9 Å². The number of para-hydroxylation sites is 2. The summed E-state index contributed by atoms with van der Waals surface area (Å²) >= 11 is 0. The van der Waals surface area contributed by atoms with E-state index in [4.69, 9.17) is 9.73 Å². The third kappa shape index (κ3) is 4.77. The molecule has 3 atom stereocenters. The lowest BCUT2D eigenvalue weighted by Crippen LogP contribution is -2.45. The molecule has 5 rings (SSSR count). The lowest BCUT2D eigenvalue weighted by atomic mass is 9.72. The highest BCUT2D eigenvalue weighted by Crippen LogP contribution is 2.47. The fourth-order valence-corrected chi connectivity index (χ4v) is 5.48. The summed E-state index contributed by atoms with van der Waals surface area (Å²) in [7, 11) is 1.63. The van der Waals surface area contributed by atoms with E-state index in [0.29, 0.717) is 29.9 Å². The Morgan fingerprint density at radius 3 is 2.24 bits per heavy atom. The highest BCUT2D eigenvalue weighted by atomic mass is 16.5. The smallest absolute Gasteiger partial charge is 0.224 e. The Morgan fingerprint density at radius 1 is 0.919 bits per heavy atom. The van der Waals surface area contributed by atoms with Gasteiger partial charge in [-0.25, -0.2) is 0 Å². The molecule has 1 aliphatic carbocycles. The predicted octanol–water partition coefficient (Wildman–Crippen LogP) is 5.60. The van der Waals surface area contributed by atoms with Gasteiger partial charge in [-0.2, -0.15) is 0 Å². The van der Waals surface area contributed by atoms with Crippen LogP contribution >= 0.6 is 0 Å². The first kappa shape index (κ1) is 24.4.